The SMILES string of the molecule is CC[C@@H](C)Oc1ccc(C(=O)N2CC[C@@H](N)C2)cc1. The molecule has 1 saturated heterocycles. The monoisotopic (exact) mass is 262 g/mol. The molecule has 0 bridgehead atoms. The first-order chi connectivity index (χ1) is 9.10. The lowest BCUT2D eigenvalue weighted by Gasteiger charge is -2.16. The van der Waals surface area contributed by atoms with Crippen LogP contribution in [-0.2, 0) is 0 Å². The standard InChI is InChI=1S/C15H22N2O2/c1-3-11(2)19-14-6-4-12(5-7-14)15(18)17-9-8-13(16)10-17/h4-7,11,13H,3,8-10,16H2,1-2H3/t11-,13-/m1/s1. The number of likely N-dealkylation sites (tertiary alicyclic amines) is 1. The van der Waals surface area contributed by atoms with Gasteiger partial charge < -0.3 is 15.4 Å². The van der Waals surface area contributed by atoms with Gasteiger partial charge in [-0.3, -0.25) is 4.79 Å². The molecule has 1 aliphatic heterocycles. The second kappa shape index (κ2) is 6.06. The van der Waals surface area contributed by atoms with Crippen LogP contribution < -0.4 is 10.5 Å². The highest BCUT2D eigenvalue weighted by molar-refractivity contribution is 5.94. The Hall–Kier alpha value is -1.55. The third-order valence-corrected chi connectivity index (χ3v) is 3.53. The molecule has 0 aromatic heterocycles. The lowest BCUT2D eigenvalue weighted by Crippen LogP contribution is -2.31. The summed E-state index contributed by atoms with van der Waals surface area (Å²) in [5, 5.41) is 0. The van der Waals surface area contributed by atoms with Crippen LogP contribution in [0.25, 0.3) is 0 Å². The molecule has 1 aromatic rings. The van der Waals surface area contributed by atoms with Crippen LogP contribution in [0.15, 0.2) is 24.3 Å². The lowest BCUT2D eigenvalue weighted by molar-refractivity contribution is 0.0791. The van der Waals surface area contributed by atoms with E-state index in [1.54, 1.807) is 0 Å². The summed E-state index contributed by atoms with van der Waals surface area (Å²) in [6, 6.07) is 7.48. The van der Waals surface area contributed by atoms with Crippen LogP contribution in [-0.4, -0.2) is 36.0 Å². The Kier molecular flexibility index (Phi) is 4.43. The molecule has 1 heterocycles. The van der Waals surface area contributed by atoms with E-state index in [0.29, 0.717) is 12.1 Å². The maximum atomic E-state index is 12.2. The molecule has 19 heavy (non-hydrogen) atoms. The summed E-state index contributed by atoms with van der Waals surface area (Å²) < 4.78 is 5.70. The van der Waals surface area contributed by atoms with Crippen molar-refractivity contribution >= 4 is 5.91 Å². The summed E-state index contributed by atoms with van der Waals surface area (Å²) in [6.07, 6.45) is 2.05. The van der Waals surface area contributed by atoms with Crippen molar-refractivity contribution < 1.29 is 9.53 Å². The molecule has 1 amide bonds. The Balaban J connectivity index is 2.00. The smallest absolute Gasteiger partial charge is 0.253 e. The van der Waals surface area contributed by atoms with E-state index in [2.05, 4.69) is 6.92 Å². The van der Waals surface area contributed by atoms with Crippen LogP contribution in [0, 0.1) is 0 Å². The Bertz CT molecular complexity index is 430. The molecule has 2 N–H and O–H groups in total. The third kappa shape index (κ3) is 3.47. The third-order valence-electron chi connectivity index (χ3n) is 3.53. The largest absolute Gasteiger partial charge is 0.491 e. The number of hydrogen-bond acceptors (Lipinski definition) is 3. The number of carbonyl (C=O) groups excluding carboxylic acids is 1. The van der Waals surface area contributed by atoms with Gasteiger partial charge in [0.1, 0.15) is 5.75 Å². The van der Waals surface area contributed by atoms with Gasteiger partial charge in [-0.1, -0.05) is 6.92 Å². The molecule has 1 aromatic carbocycles. The molecule has 0 radical (unpaired) electrons. The summed E-state index contributed by atoms with van der Waals surface area (Å²) in [4.78, 5) is 14.0. The fraction of sp³-hybridized carbons (Fsp3) is 0.533. The maximum Gasteiger partial charge on any atom is 0.253 e. The number of hydrogen-bond donors (Lipinski definition) is 1. The molecule has 4 nitrogen and oxygen atoms in total. The van der Waals surface area contributed by atoms with E-state index in [-0.39, 0.29) is 18.1 Å². The van der Waals surface area contributed by atoms with Crippen LogP contribution in [0.5, 0.6) is 5.75 Å². The van der Waals surface area contributed by atoms with Gasteiger partial charge in [-0.05, 0) is 44.0 Å². The lowest BCUT2D eigenvalue weighted by atomic mass is 10.2. The average molecular weight is 262 g/mol. The Morgan fingerprint density at radius 2 is 2.16 bits per heavy atom. The molecule has 1 fully saturated rings. The van der Waals surface area contributed by atoms with Gasteiger partial charge in [-0.15, -0.1) is 0 Å². The van der Waals surface area contributed by atoms with E-state index in [9.17, 15) is 4.79 Å². The van der Waals surface area contributed by atoms with Crippen molar-refractivity contribution in [1.29, 1.82) is 0 Å². The Morgan fingerprint density at radius 1 is 1.47 bits per heavy atom. The molecule has 0 saturated carbocycles. The molecule has 4 heteroatoms. The van der Waals surface area contributed by atoms with Crippen molar-refractivity contribution in [3.8, 4) is 5.75 Å². The van der Waals surface area contributed by atoms with E-state index < -0.39 is 0 Å². The highest BCUT2D eigenvalue weighted by Crippen LogP contribution is 2.17. The molecule has 2 rings (SSSR count). The highest BCUT2D eigenvalue weighted by Gasteiger charge is 2.24. The summed E-state index contributed by atoms with van der Waals surface area (Å²) in [6.45, 7) is 5.53. The molecule has 0 aliphatic carbocycles. The minimum absolute atomic E-state index is 0.0584. The van der Waals surface area contributed by atoms with Gasteiger partial charge in [0.05, 0.1) is 6.10 Å². The number of amides is 1. The molecular weight excluding hydrogens is 240 g/mol. The average Bonchev–Trinajstić information content (AvgIpc) is 2.85. The first-order valence-electron chi connectivity index (χ1n) is 6.91. The number of carbonyl (C=O) groups is 1. The van der Waals surface area contributed by atoms with Crippen LogP contribution in [0.4, 0.5) is 0 Å². The van der Waals surface area contributed by atoms with Gasteiger partial charge in [0.15, 0.2) is 0 Å². The predicted octanol–water partition coefficient (Wildman–Crippen LogP) is 2.04. The van der Waals surface area contributed by atoms with Crippen LogP contribution >= 0.6 is 0 Å². The molecule has 0 unspecified atom stereocenters. The normalized spacial score (nSPS) is 20.4. The minimum atomic E-state index is 0.0584. The second-order valence-corrected chi connectivity index (χ2v) is 5.16. The van der Waals surface area contributed by atoms with Crippen molar-refractivity contribution in [1.82, 2.24) is 4.90 Å². The van der Waals surface area contributed by atoms with Gasteiger partial charge in [0.25, 0.3) is 5.91 Å². The molecule has 1 aliphatic rings. The highest BCUT2D eigenvalue weighted by atomic mass is 16.5. The van der Waals surface area contributed by atoms with Crippen molar-refractivity contribution in [3.05, 3.63) is 29.8 Å². The van der Waals surface area contributed by atoms with Crippen molar-refractivity contribution in [2.24, 2.45) is 5.73 Å². The van der Waals surface area contributed by atoms with Gasteiger partial charge in [0, 0.05) is 24.7 Å². The quantitative estimate of drug-likeness (QED) is 0.903. The number of nitrogens with two attached hydrogens (primary N) is 1. The predicted molar refractivity (Wildman–Crippen MR) is 75.3 cm³/mol. The molecular formula is C15H22N2O2. The zero-order valence-corrected chi connectivity index (χ0v) is 11.6. The van der Waals surface area contributed by atoms with Crippen LogP contribution in [0.3, 0.4) is 0 Å². The molecule has 104 valence electrons. The first kappa shape index (κ1) is 13.9. The maximum absolute atomic E-state index is 12.2. The summed E-state index contributed by atoms with van der Waals surface area (Å²) >= 11 is 0. The van der Waals surface area contributed by atoms with Gasteiger partial charge in [-0.25, -0.2) is 0 Å². The van der Waals surface area contributed by atoms with E-state index in [1.165, 1.54) is 0 Å². The fourth-order valence-corrected chi connectivity index (χ4v) is 2.15. The zero-order valence-electron chi connectivity index (χ0n) is 11.6. The van der Waals surface area contributed by atoms with E-state index in [4.69, 9.17) is 10.5 Å². The fourth-order valence-electron chi connectivity index (χ4n) is 2.15. The molecule has 0 spiro atoms. The summed E-state index contributed by atoms with van der Waals surface area (Å²) in [7, 11) is 0. The topological polar surface area (TPSA) is 55.6 Å². The Morgan fingerprint density at radius 3 is 2.68 bits per heavy atom. The number of rotatable bonds is 4. The van der Waals surface area contributed by atoms with E-state index >= 15 is 0 Å². The first-order valence-corrected chi connectivity index (χ1v) is 6.91. The van der Waals surface area contributed by atoms with Gasteiger partial charge in [0.2, 0.25) is 0 Å². The van der Waals surface area contributed by atoms with Crippen molar-refractivity contribution in [2.75, 3.05) is 13.1 Å². The Labute approximate surface area is 114 Å². The summed E-state index contributed by atoms with van der Waals surface area (Å²) in [5.41, 5.74) is 6.52. The zero-order chi connectivity index (χ0) is 13.8. The van der Waals surface area contributed by atoms with Crippen molar-refractivity contribution in [3.63, 3.8) is 0 Å². The van der Waals surface area contributed by atoms with Crippen molar-refractivity contribution in [2.45, 2.75) is 38.8 Å². The van der Waals surface area contributed by atoms with E-state index in [0.717, 1.165) is 25.1 Å². The van der Waals surface area contributed by atoms with E-state index in [1.807, 2.05) is 36.1 Å². The van der Waals surface area contributed by atoms with Gasteiger partial charge in [-0.2, -0.15) is 0 Å². The number of nitrogens with zero attached hydrogens (tertiary/aromatic N) is 1. The van der Waals surface area contributed by atoms with Crippen LogP contribution in [0.1, 0.15) is 37.0 Å². The second-order valence-electron chi connectivity index (χ2n) is 5.16. The molecule has 2 atom stereocenters. The number of benzene rings is 1. The minimum Gasteiger partial charge on any atom is -0.491 e. The number of ether oxygens (including phenoxy) is 1. The van der Waals surface area contributed by atoms with Gasteiger partial charge >= 0.3 is 0 Å². The van der Waals surface area contributed by atoms with Crippen LogP contribution in [0.2, 0.25) is 0 Å². The summed E-state index contributed by atoms with van der Waals surface area (Å²) in [5.74, 6) is 0.868.